The van der Waals surface area contributed by atoms with Crippen LogP contribution < -0.4 is 10.1 Å². The molecule has 1 aromatic rings. The molecule has 0 aromatic heterocycles. The molecule has 6 nitrogen and oxygen atoms in total. The van der Waals surface area contributed by atoms with Crippen LogP contribution in [0.1, 0.15) is 55.8 Å². The van der Waals surface area contributed by atoms with E-state index in [4.69, 9.17) is 9.47 Å². The summed E-state index contributed by atoms with van der Waals surface area (Å²) in [6.07, 6.45) is 5.24. The number of ether oxygens (including phenoxy) is 2. The summed E-state index contributed by atoms with van der Waals surface area (Å²) in [7, 11) is 0. The maximum Gasteiger partial charge on any atom is 0.308 e. The number of aliphatic carboxylic acids is 1. The van der Waals surface area contributed by atoms with Crippen molar-refractivity contribution in [2.45, 2.75) is 57.1 Å². The molecule has 0 bridgehead atoms. The Morgan fingerprint density at radius 3 is 2.88 bits per heavy atom. The van der Waals surface area contributed by atoms with Crippen molar-refractivity contribution in [1.82, 2.24) is 5.32 Å². The molecule has 1 saturated heterocycles. The van der Waals surface area contributed by atoms with E-state index in [-0.39, 0.29) is 12.0 Å². The lowest BCUT2D eigenvalue weighted by molar-refractivity contribution is -0.145. The number of hydrogen-bond donors (Lipinski definition) is 2. The Labute approximate surface area is 153 Å². The summed E-state index contributed by atoms with van der Waals surface area (Å²) in [5, 5.41) is 12.5. The molecule has 2 N–H and O–H groups in total. The molecule has 2 aliphatic rings. The van der Waals surface area contributed by atoms with Crippen LogP contribution in [0.25, 0.3) is 0 Å². The Hall–Kier alpha value is -2.08. The van der Waals surface area contributed by atoms with Gasteiger partial charge in [0.1, 0.15) is 12.4 Å². The van der Waals surface area contributed by atoms with Crippen LogP contribution in [-0.2, 0) is 9.53 Å². The van der Waals surface area contributed by atoms with Gasteiger partial charge in [-0.05, 0) is 50.8 Å². The smallest absolute Gasteiger partial charge is 0.308 e. The average molecular weight is 361 g/mol. The molecule has 1 amide bonds. The van der Waals surface area contributed by atoms with Crippen LogP contribution in [0.3, 0.4) is 0 Å². The largest absolute Gasteiger partial charge is 0.491 e. The van der Waals surface area contributed by atoms with E-state index >= 15 is 0 Å². The maximum atomic E-state index is 12.7. The zero-order valence-electron chi connectivity index (χ0n) is 15.2. The van der Waals surface area contributed by atoms with Crippen molar-refractivity contribution in [2.75, 3.05) is 13.2 Å². The molecule has 1 saturated carbocycles. The lowest BCUT2D eigenvalue weighted by atomic mass is 9.73. The van der Waals surface area contributed by atoms with Gasteiger partial charge in [0.15, 0.2) is 0 Å². The molecule has 0 radical (unpaired) electrons. The third-order valence-electron chi connectivity index (χ3n) is 5.46. The molecule has 1 aliphatic heterocycles. The molecule has 142 valence electrons. The fourth-order valence-corrected chi connectivity index (χ4v) is 3.90. The van der Waals surface area contributed by atoms with Crippen LogP contribution in [0.5, 0.6) is 5.75 Å². The van der Waals surface area contributed by atoms with E-state index in [2.05, 4.69) is 5.32 Å². The van der Waals surface area contributed by atoms with Gasteiger partial charge in [-0.25, -0.2) is 0 Å². The van der Waals surface area contributed by atoms with E-state index in [0.29, 0.717) is 30.8 Å². The second kappa shape index (κ2) is 8.08. The van der Waals surface area contributed by atoms with Gasteiger partial charge in [0.2, 0.25) is 0 Å². The Bertz CT molecular complexity index is 655. The molecule has 3 unspecified atom stereocenters. The van der Waals surface area contributed by atoms with Crippen LogP contribution >= 0.6 is 0 Å². The minimum Gasteiger partial charge on any atom is -0.491 e. The van der Waals surface area contributed by atoms with E-state index in [1.165, 1.54) is 0 Å². The first-order valence-electron chi connectivity index (χ1n) is 9.38. The first kappa shape index (κ1) is 18.7. The zero-order chi connectivity index (χ0) is 18.6. The van der Waals surface area contributed by atoms with Crippen molar-refractivity contribution in [3.8, 4) is 5.75 Å². The minimum absolute atomic E-state index is 0.116. The molecule has 2 fully saturated rings. The van der Waals surface area contributed by atoms with Gasteiger partial charge in [-0.2, -0.15) is 0 Å². The van der Waals surface area contributed by atoms with Gasteiger partial charge >= 0.3 is 5.97 Å². The number of carboxylic acids is 1. The van der Waals surface area contributed by atoms with Crippen LogP contribution in [-0.4, -0.2) is 41.8 Å². The zero-order valence-corrected chi connectivity index (χ0v) is 15.2. The lowest BCUT2D eigenvalue weighted by Crippen LogP contribution is -2.55. The molecule has 6 heteroatoms. The molecular weight excluding hydrogens is 334 g/mol. The summed E-state index contributed by atoms with van der Waals surface area (Å²) in [6, 6.07) is 7.01. The van der Waals surface area contributed by atoms with Gasteiger partial charge < -0.3 is 19.9 Å². The Kier molecular flexibility index (Phi) is 5.81. The second-order valence-corrected chi connectivity index (χ2v) is 7.48. The molecule has 3 atom stereocenters. The maximum absolute atomic E-state index is 12.7. The monoisotopic (exact) mass is 361 g/mol. The topological polar surface area (TPSA) is 84.9 Å². The quantitative estimate of drug-likeness (QED) is 0.814. The van der Waals surface area contributed by atoms with Gasteiger partial charge in [0.05, 0.1) is 17.6 Å². The highest BCUT2D eigenvalue weighted by molar-refractivity contribution is 5.95. The number of benzene rings is 1. The van der Waals surface area contributed by atoms with Crippen molar-refractivity contribution < 1.29 is 24.2 Å². The van der Waals surface area contributed by atoms with E-state index < -0.39 is 17.4 Å². The van der Waals surface area contributed by atoms with Gasteiger partial charge in [-0.15, -0.1) is 0 Å². The lowest BCUT2D eigenvalue weighted by Gasteiger charge is -2.39. The molecule has 1 aliphatic carbocycles. The average Bonchev–Trinajstić information content (AvgIpc) is 3.13. The number of carboxylic acid groups (broad SMARTS) is 1. The van der Waals surface area contributed by atoms with Crippen molar-refractivity contribution >= 4 is 11.9 Å². The highest BCUT2D eigenvalue weighted by Crippen LogP contribution is 2.34. The molecular formula is C20H27NO5. The molecule has 1 aromatic carbocycles. The molecule has 26 heavy (non-hydrogen) atoms. The fourth-order valence-electron chi connectivity index (χ4n) is 3.90. The number of carbonyl (C=O) groups is 2. The van der Waals surface area contributed by atoms with Crippen LogP contribution in [0.15, 0.2) is 24.3 Å². The highest BCUT2D eigenvalue weighted by Gasteiger charge is 2.42. The number of nitrogens with one attached hydrogen (secondary N) is 1. The Morgan fingerprint density at radius 2 is 2.15 bits per heavy atom. The fraction of sp³-hybridized carbons (Fsp3) is 0.600. The van der Waals surface area contributed by atoms with Crippen molar-refractivity contribution in [2.24, 2.45) is 5.92 Å². The third kappa shape index (κ3) is 4.36. The predicted octanol–water partition coefficient (Wildman–Crippen LogP) is 3.01. The first-order valence-corrected chi connectivity index (χ1v) is 9.38. The van der Waals surface area contributed by atoms with Crippen LogP contribution in [0.4, 0.5) is 0 Å². The van der Waals surface area contributed by atoms with E-state index in [9.17, 15) is 14.7 Å². The summed E-state index contributed by atoms with van der Waals surface area (Å²) in [5.41, 5.74) is -0.249. The number of rotatable bonds is 6. The summed E-state index contributed by atoms with van der Waals surface area (Å²) < 4.78 is 11.3. The molecule has 1 heterocycles. The summed E-state index contributed by atoms with van der Waals surface area (Å²) in [6.45, 7) is 3.09. The van der Waals surface area contributed by atoms with Crippen LogP contribution in [0.2, 0.25) is 0 Å². The summed E-state index contributed by atoms with van der Waals surface area (Å²) in [4.78, 5) is 24.3. The Morgan fingerprint density at radius 1 is 1.31 bits per heavy atom. The van der Waals surface area contributed by atoms with Crippen molar-refractivity contribution in [1.29, 1.82) is 0 Å². The first-order chi connectivity index (χ1) is 12.5. The second-order valence-electron chi connectivity index (χ2n) is 7.48. The van der Waals surface area contributed by atoms with E-state index in [1.54, 1.807) is 18.2 Å². The summed E-state index contributed by atoms with van der Waals surface area (Å²) in [5.74, 6) is -1.04. The third-order valence-corrected chi connectivity index (χ3v) is 5.46. The van der Waals surface area contributed by atoms with E-state index in [0.717, 1.165) is 32.3 Å². The SMILES string of the molecule is CC1(NC(=O)c2cccc(OCC3CCCO3)c2)CCCCC1C(=O)O. The standard InChI is InChI=1S/C20H27NO5/c1-20(10-3-2-9-17(20)19(23)24)21-18(22)14-6-4-7-15(12-14)26-13-16-8-5-11-25-16/h4,6-7,12,16-17H,2-3,5,8-11,13H2,1H3,(H,21,22)(H,23,24). The summed E-state index contributed by atoms with van der Waals surface area (Å²) >= 11 is 0. The number of amides is 1. The highest BCUT2D eigenvalue weighted by atomic mass is 16.5. The molecule has 0 spiro atoms. The normalized spacial score (nSPS) is 28.5. The van der Waals surface area contributed by atoms with Gasteiger partial charge in [0, 0.05) is 12.2 Å². The van der Waals surface area contributed by atoms with Gasteiger partial charge in [-0.1, -0.05) is 18.9 Å². The van der Waals surface area contributed by atoms with Gasteiger partial charge in [0.25, 0.3) is 5.91 Å². The predicted molar refractivity (Wildman–Crippen MR) is 96.4 cm³/mol. The van der Waals surface area contributed by atoms with Gasteiger partial charge in [-0.3, -0.25) is 9.59 Å². The van der Waals surface area contributed by atoms with Crippen molar-refractivity contribution in [3.63, 3.8) is 0 Å². The molecule has 3 rings (SSSR count). The van der Waals surface area contributed by atoms with Crippen LogP contribution in [0, 0.1) is 5.92 Å². The van der Waals surface area contributed by atoms with Crippen molar-refractivity contribution in [3.05, 3.63) is 29.8 Å². The van der Waals surface area contributed by atoms with E-state index in [1.807, 2.05) is 13.0 Å². The Balaban J connectivity index is 1.65. The minimum atomic E-state index is -0.846. The number of carbonyl (C=O) groups excluding carboxylic acids is 1. The number of hydrogen-bond acceptors (Lipinski definition) is 4.